The van der Waals surface area contributed by atoms with Crippen LogP contribution in [0, 0.1) is 0 Å². The predicted molar refractivity (Wildman–Crippen MR) is 224 cm³/mol. The van der Waals surface area contributed by atoms with Crippen molar-refractivity contribution in [2.24, 2.45) is 15.0 Å². The fraction of sp³-hybridized carbons (Fsp3) is 0.857. The third kappa shape index (κ3) is 3.96. The number of fused-ring (bicyclic) bond motifs is 3. The predicted octanol–water partition coefficient (Wildman–Crippen LogP) is 7.69. The summed E-state index contributed by atoms with van der Waals surface area (Å²) in [6, 6.07) is 0. The number of guanidine groups is 3. The highest BCUT2D eigenvalue weighted by molar-refractivity contribution is 6.06. The normalized spacial score (nSPS) is 31.0. The second kappa shape index (κ2) is 9.67. The van der Waals surface area contributed by atoms with Gasteiger partial charge in [-0.05, 0) is 166 Å². The van der Waals surface area contributed by atoms with Gasteiger partial charge < -0.3 is 14.7 Å². The molecule has 54 heavy (non-hydrogen) atoms. The van der Waals surface area contributed by atoms with Crippen LogP contribution in [0.15, 0.2) is 15.0 Å². The Morgan fingerprint density at radius 3 is 0.630 bits per heavy atom. The molecule has 0 atom stereocenters. The Kier molecular flexibility index (Phi) is 7.00. The van der Waals surface area contributed by atoms with Crippen LogP contribution in [-0.4, -0.2) is 114 Å². The van der Waals surface area contributed by atoms with Crippen LogP contribution in [0.2, 0.25) is 0 Å². The Labute approximate surface area is 327 Å². The smallest absolute Gasteiger partial charge is 0.239 e. The molecule has 0 saturated carbocycles. The molecule has 0 unspecified atom stereocenters. The largest absolute Gasteiger partial charge is 0.327 e. The maximum Gasteiger partial charge on any atom is 0.239 e. The molecular formula is C42H72N12. The molecular weight excluding hydrogens is 673 g/mol. The van der Waals surface area contributed by atoms with Crippen LogP contribution in [0.3, 0.4) is 0 Å². The maximum atomic E-state index is 5.56. The third-order valence-corrected chi connectivity index (χ3v) is 17.6. The van der Waals surface area contributed by atoms with Crippen LogP contribution < -0.4 is 14.7 Å². The van der Waals surface area contributed by atoms with Gasteiger partial charge in [-0.15, -0.1) is 0 Å². The highest BCUT2D eigenvalue weighted by Crippen LogP contribution is 2.57. The van der Waals surface area contributed by atoms with E-state index in [0.29, 0.717) is 17.8 Å². The molecule has 0 aliphatic carbocycles. The van der Waals surface area contributed by atoms with Gasteiger partial charge in [0, 0.05) is 0 Å². The van der Waals surface area contributed by atoms with Crippen LogP contribution >= 0.6 is 0 Å². The molecule has 0 radical (unpaired) electrons. The number of hydrogen-bond donors (Lipinski definition) is 0. The minimum Gasteiger partial charge on any atom is -0.327 e. The molecule has 6 aliphatic rings. The van der Waals surface area contributed by atoms with Crippen molar-refractivity contribution in [3.05, 3.63) is 0 Å². The van der Waals surface area contributed by atoms with E-state index < -0.39 is 16.6 Å². The molecule has 0 aromatic carbocycles. The Morgan fingerprint density at radius 1 is 0.259 bits per heavy atom. The molecule has 0 bridgehead atoms. The first kappa shape index (κ1) is 39.1. The Hall–Kier alpha value is -3.18. The van der Waals surface area contributed by atoms with Gasteiger partial charge in [-0.1, -0.05) is 0 Å². The molecule has 3 fully saturated rings. The fourth-order valence-corrected chi connectivity index (χ4v) is 10.2. The quantitative estimate of drug-likeness (QED) is 0.309. The van der Waals surface area contributed by atoms with Gasteiger partial charge in [0.25, 0.3) is 0 Å². The van der Waals surface area contributed by atoms with Crippen LogP contribution in [0.1, 0.15) is 166 Å². The summed E-state index contributed by atoms with van der Waals surface area (Å²) in [6.45, 7) is 55.1. The van der Waals surface area contributed by atoms with Crippen molar-refractivity contribution in [2.75, 3.05) is 14.7 Å². The molecule has 12 heteroatoms. The zero-order chi connectivity index (χ0) is 41.2. The summed E-state index contributed by atoms with van der Waals surface area (Å²) in [4.78, 5) is 47.6. The van der Waals surface area contributed by atoms with Gasteiger partial charge in [-0.25, -0.2) is 15.0 Å². The first-order chi connectivity index (χ1) is 23.8. The van der Waals surface area contributed by atoms with Gasteiger partial charge in [0.1, 0.15) is 0 Å². The van der Waals surface area contributed by atoms with Gasteiger partial charge in [0.05, 0.1) is 66.5 Å². The van der Waals surface area contributed by atoms with Crippen LogP contribution in [0.4, 0.5) is 17.8 Å². The average molecular weight is 745 g/mol. The van der Waals surface area contributed by atoms with E-state index in [2.05, 4.69) is 196 Å². The van der Waals surface area contributed by atoms with E-state index in [1.807, 2.05) is 0 Å². The van der Waals surface area contributed by atoms with E-state index in [0.717, 1.165) is 17.9 Å². The average Bonchev–Trinajstić information content (AvgIpc) is 3.51. The van der Waals surface area contributed by atoms with E-state index in [1.54, 1.807) is 0 Å². The van der Waals surface area contributed by atoms with Gasteiger partial charge in [-0.3, -0.25) is 14.7 Å². The van der Waals surface area contributed by atoms with Gasteiger partial charge in [0.2, 0.25) is 35.7 Å². The summed E-state index contributed by atoms with van der Waals surface area (Å²) in [5.74, 6) is 4.43. The highest BCUT2D eigenvalue weighted by atomic mass is 15.6. The van der Waals surface area contributed by atoms with Crippen LogP contribution in [0.5, 0.6) is 0 Å². The van der Waals surface area contributed by atoms with Crippen molar-refractivity contribution in [1.82, 2.24) is 29.7 Å². The summed E-state index contributed by atoms with van der Waals surface area (Å²) in [7, 11) is 0. The maximum absolute atomic E-state index is 5.56. The molecule has 300 valence electrons. The minimum absolute atomic E-state index is 0.259. The lowest BCUT2D eigenvalue weighted by Gasteiger charge is -2.50. The Morgan fingerprint density at radius 2 is 0.444 bits per heavy atom. The third-order valence-electron chi connectivity index (χ3n) is 17.6. The fourth-order valence-electron chi connectivity index (χ4n) is 10.2. The first-order valence-corrected chi connectivity index (χ1v) is 20.2. The molecule has 6 aliphatic heterocycles. The number of aromatic nitrogens is 3. The van der Waals surface area contributed by atoms with Crippen molar-refractivity contribution in [3.8, 4) is 0 Å². The number of aliphatic imine (C=N–C) groups is 3. The van der Waals surface area contributed by atoms with Gasteiger partial charge in [-0.2, -0.15) is 15.0 Å². The number of anilines is 3. The molecule has 1 aromatic rings. The topological polar surface area (TPSA) is 95.2 Å². The molecule has 0 spiro atoms. The Balaban J connectivity index is 1.55. The molecule has 1 aromatic heterocycles. The van der Waals surface area contributed by atoms with Crippen molar-refractivity contribution < 1.29 is 0 Å². The van der Waals surface area contributed by atoms with E-state index in [4.69, 9.17) is 29.9 Å². The number of hydrogen-bond acceptors (Lipinski definition) is 12. The minimum atomic E-state index is -0.448. The SMILES string of the molecule is CC1(C)N=C2N(c3nc(N4C5=NC(C)(C)C(C)(C)N5C(C)(C)C4(C)C)nc(N4C5=NC(C)(C)C(C)(C)N5C(C)(C)C4(C)C)n3)C(C)(C)C(C)(C)N2C1(C)C. The summed E-state index contributed by atoms with van der Waals surface area (Å²) in [5.41, 5.74) is -4.11. The first-order valence-electron chi connectivity index (χ1n) is 20.2. The van der Waals surface area contributed by atoms with Crippen molar-refractivity contribution in [3.63, 3.8) is 0 Å². The van der Waals surface area contributed by atoms with E-state index in [1.165, 1.54) is 0 Å². The van der Waals surface area contributed by atoms with Crippen LogP contribution in [-0.2, 0) is 0 Å². The summed E-state index contributed by atoms with van der Waals surface area (Å²) < 4.78 is 0. The zero-order valence-corrected chi connectivity index (χ0v) is 38.4. The van der Waals surface area contributed by atoms with Crippen molar-refractivity contribution >= 4 is 35.7 Å². The zero-order valence-electron chi connectivity index (χ0n) is 38.4. The number of nitrogens with zero attached hydrogens (tertiary/aromatic N) is 12. The summed E-state index contributed by atoms with van der Waals surface area (Å²) in [5, 5.41) is 0. The van der Waals surface area contributed by atoms with E-state index in [-0.39, 0.29) is 49.9 Å². The second-order valence-corrected chi connectivity index (χ2v) is 23.2. The lowest BCUT2D eigenvalue weighted by atomic mass is 9.76. The summed E-state index contributed by atoms with van der Waals surface area (Å²) in [6.07, 6.45) is 0. The van der Waals surface area contributed by atoms with Gasteiger partial charge in [0.15, 0.2) is 0 Å². The molecule has 3 saturated heterocycles. The highest BCUT2D eigenvalue weighted by Gasteiger charge is 2.70. The Bertz CT molecular complexity index is 1700. The lowest BCUT2D eigenvalue weighted by Crippen LogP contribution is -2.63. The summed E-state index contributed by atoms with van der Waals surface area (Å²) >= 11 is 0. The van der Waals surface area contributed by atoms with Crippen molar-refractivity contribution in [1.29, 1.82) is 0 Å². The molecule has 12 nitrogen and oxygen atoms in total. The second-order valence-electron chi connectivity index (χ2n) is 23.2. The molecule has 7 heterocycles. The van der Waals surface area contributed by atoms with Crippen LogP contribution in [0.25, 0.3) is 0 Å². The molecule has 7 rings (SSSR count). The van der Waals surface area contributed by atoms with E-state index in [9.17, 15) is 0 Å². The monoisotopic (exact) mass is 745 g/mol. The van der Waals surface area contributed by atoms with Gasteiger partial charge >= 0.3 is 0 Å². The standard InChI is InChI=1S/C42H72N12/c1-31(2)34(7,8)52-28(46-31)49(37(13,14)40(52,19)20)25-43-26(50-29-47-32(3,4)35(9,10)53(29)41(21,22)38(50,15)16)45-27(44-25)51-30-48-33(5,6)36(11,12)54(30)42(23,24)39(51,17)18/h1-24H3. The van der Waals surface area contributed by atoms with Crippen molar-refractivity contribution in [2.45, 2.75) is 233 Å². The molecule has 0 N–H and O–H groups in total. The molecule has 0 amide bonds. The number of rotatable bonds is 3. The lowest BCUT2D eigenvalue weighted by molar-refractivity contribution is 0.0525. The van der Waals surface area contributed by atoms with E-state index >= 15 is 0 Å².